The number of rotatable bonds is 5. The number of anilines is 1. The van der Waals surface area contributed by atoms with Crippen molar-refractivity contribution < 1.29 is 14.5 Å². The van der Waals surface area contributed by atoms with Crippen LogP contribution in [0, 0.1) is 10.1 Å². The molecular formula is C10H12N6O4. The molecule has 0 radical (unpaired) electrons. The molecule has 1 N–H and O–H groups in total. The predicted molar refractivity (Wildman–Crippen MR) is 67.1 cm³/mol. The van der Waals surface area contributed by atoms with Crippen LogP contribution in [-0.4, -0.2) is 37.5 Å². The number of nitrogens with one attached hydrogen (secondary N) is 1. The summed E-state index contributed by atoms with van der Waals surface area (Å²) in [5.74, 6) is -0.672. The molecule has 0 spiro atoms. The van der Waals surface area contributed by atoms with E-state index in [2.05, 4.69) is 15.5 Å². The molecule has 0 aliphatic carbocycles. The van der Waals surface area contributed by atoms with Gasteiger partial charge in [-0.05, 0) is 0 Å². The maximum atomic E-state index is 12.0. The molecule has 0 unspecified atom stereocenters. The van der Waals surface area contributed by atoms with Gasteiger partial charge in [-0.1, -0.05) is 0 Å². The zero-order valence-electron chi connectivity index (χ0n) is 10.8. The highest BCUT2D eigenvalue weighted by Gasteiger charge is 2.25. The topological polar surface area (TPSA) is 117 Å². The van der Waals surface area contributed by atoms with Crippen molar-refractivity contribution in [2.24, 2.45) is 7.05 Å². The summed E-state index contributed by atoms with van der Waals surface area (Å²) in [5.41, 5.74) is -0.210. The van der Waals surface area contributed by atoms with Gasteiger partial charge >= 0.3 is 5.69 Å². The number of nitrogens with zero attached hydrogens (tertiary/aromatic N) is 5. The lowest BCUT2D eigenvalue weighted by Crippen LogP contribution is -2.14. The van der Waals surface area contributed by atoms with Crippen LogP contribution in [0.5, 0.6) is 0 Å². The average molecular weight is 280 g/mol. The summed E-state index contributed by atoms with van der Waals surface area (Å²) in [6, 6.07) is 0. The molecule has 2 aromatic heterocycles. The van der Waals surface area contributed by atoms with E-state index in [0.29, 0.717) is 5.69 Å². The third-order valence-corrected chi connectivity index (χ3v) is 2.37. The molecular weight excluding hydrogens is 268 g/mol. The van der Waals surface area contributed by atoms with Gasteiger partial charge in [0.1, 0.15) is 12.9 Å². The molecule has 0 aliphatic heterocycles. The Hall–Kier alpha value is -2.75. The van der Waals surface area contributed by atoms with Gasteiger partial charge in [0.15, 0.2) is 0 Å². The highest BCUT2D eigenvalue weighted by atomic mass is 16.6. The minimum absolute atomic E-state index is 0.236. The highest BCUT2D eigenvalue weighted by molar-refractivity contribution is 6.05. The fraction of sp³-hybridized carbons (Fsp3) is 0.300. The number of nitro groups is 1. The first-order valence-electron chi connectivity index (χ1n) is 5.52. The molecule has 0 bridgehead atoms. The van der Waals surface area contributed by atoms with E-state index in [1.54, 1.807) is 0 Å². The van der Waals surface area contributed by atoms with Gasteiger partial charge in [0.2, 0.25) is 5.69 Å². The molecule has 10 nitrogen and oxygen atoms in total. The second kappa shape index (κ2) is 5.48. The van der Waals surface area contributed by atoms with Gasteiger partial charge < -0.3 is 10.1 Å². The maximum absolute atomic E-state index is 12.0. The first-order chi connectivity index (χ1) is 9.51. The number of aromatic nitrogens is 4. The number of methoxy groups -OCH3 is 1. The van der Waals surface area contributed by atoms with Crippen LogP contribution in [0.15, 0.2) is 18.6 Å². The summed E-state index contributed by atoms with van der Waals surface area (Å²) in [6.07, 6.45) is 4.12. The van der Waals surface area contributed by atoms with Crippen LogP contribution >= 0.6 is 0 Å². The van der Waals surface area contributed by atoms with Crippen molar-refractivity contribution in [1.29, 1.82) is 0 Å². The monoisotopic (exact) mass is 280 g/mol. The number of hydrogen-bond acceptors (Lipinski definition) is 6. The summed E-state index contributed by atoms with van der Waals surface area (Å²) in [7, 11) is 3.01. The van der Waals surface area contributed by atoms with Crippen molar-refractivity contribution in [2.75, 3.05) is 12.4 Å². The van der Waals surface area contributed by atoms with Crippen molar-refractivity contribution in [3.63, 3.8) is 0 Å². The van der Waals surface area contributed by atoms with Crippen LogP contribution in [0.4, 0.5) is 11.4 Å². The second-order valence-electron chi connectivity index (χ2n) is 3.93. The molecule has 0 saturated carbocycles. The second-order valence-corrected chi connectivity index (χ2v) is 3.93. The summed E-state index contributed by atoms with van der Waals surface area (Å²) in [4.78, 5) is 22.1. The van der Waals surface area contributed by atoms with Crippen molar-refractivity contribution in [1.82, 2.24) is 19.6 Å². The third-order valence-electron chi connectivity index (χ3n) is 2.37. The van der Waals surface area contributed by atoms with Crippen LogP contribution < -0.4 is 5.32 Å². The van der Waals surface area contributed by atoms with Crippen molar-refractivity contribution in [3.8, 4) is 0 Å². The third kappa shape index (κ3) is 2.80. The molecule has 2 rings (SSSR count). The van der Waals surface area contributed by atoms with Gasteiger partial charge in [-0.2, -0.15) is 10.2 Å². The van der Waals surface area contributed by atoms with E-state index in [-0.39, 0.29) is 18.1 Å². The number of hydrogen-bond donors (Lipinski definition) is 1. The van der Waals surface area contributed by atoms with Crippen LogP contribution in [0.3, 0.4) is 0 Å². The Morgan fingerprint density at radius 2 is 2.30 bits per heavy atom. The number of amides is 1. The van der Waals surface area contributed by atoms with Crippen molar-refractivity contribution >= 4 is 17.3 Å². The van der Waals surface area contributed by atoms with Gasteiger partial charge in [0.05, 0.1) is 23.0 Å². The number of ether oxygens (including phenoxy) is 1. The van der Waals surface area contributed by atoms with Gasteiger partial charge in [-0.3, -0.25) is 19.6 Å². The number of carbonyl (C=O) groups excluding carboxylic acids is 1. The Morgan fingerprint density at radius 3 is 2.95 bits per heavy atom. The van der Waals surface area contributed by atoms with Crippen LogP contribution in [0.2, 0.25) is 0 Å². The lowest BCUT2D eigenvalue weighted by molar-refractivity contribution is -0.385. The van der Waals surface area contributed by atoms with E-state index < -0.39 is 10.8 Å². The molecule has 0 atom stereocenters. The minimum atomic E-state index is -0.672. The first kappa shape index (κ1) is 13.7. The minimum Gasteiger partial charge on any atom is -0.362 e. The van der Waals surface area contributed by atoms with Crippen LogP contribution in [0.25, 0.3) is 0 Å². The molecule has 106 valence electrons. The van der Waals surface area contributed by atoms with E-state index >= 15 is 0 Å². The fourth-order valence-electron chi connectivity index (χ4n) is 1.59. The molecule has 2 aromatic rings. The SMILES string of the molecule is COCn1cc(NC(=O)c2nn(C)cc2[N+](=O)[O-])cn1. The van der Waals surface area contributed by atoms with Gasteiger partial charge in [-0.15, -0.1) is 0 Å². The Morgan fingerprint density at radius 1 is 1.55 bits per heavy atom. The van der Waals surface area contributed by atoms with E-state index in [4.69, 9.17) is 4.74 Å². The molecule has 20 heavy (non-hydrogen) atoms. The van der Waals surface area contributed by atoms with Gasteiger partial charge in [-0.25, -0.2) is 4.68 Å². The van der Waals surface area contributed by atoms with Crippen molar-refractivity contribution in [3.05, 3.63) is 34.4 Å². The zero-order chi connectivity index (χ0) is 14.7. The highest BCUT2D eigenvalue weighted by Crippen LogP contribution is 2.17. The zero-order valence-corrected chi connectivity index (χ0v) is 10.8. The largest absolute Gasteiger partial charge is 0.362 e. The summed E-state index contributed by atoms with van der Waals surface area (Å²) >= 11 is 0. The summed E-state index contributed by atoms with van der Waals surface area (Å²) in [6.45, 7) is 0.236. The van der Waals surface area contributed by atoms with Crippen molar-refractivity contribution in [2.45, 2.75) is 6.73 Å². The number of carbonyl (C=O) groups is 1. The lowest BCUT2D eigenvalue weighted by atomic mass is 10.3. The maximum Gasteiger partial charge on any atom is 0.320 e. The quantitative estimate of drug-likeness (QED) is 0.625. The number of aryl methyl sites for hydroxylation is 1. The molecule has 10 heteroatoms. The van der Waals surface area contributed by atoms with E-state index in [1.807, 2.05) is 0 Å². The van der Waals surface area contributed by atoms with Gasteiger partial charge in [0.25, 0.3) is 5.91 Å². The predicted octanol–water partition coefficient (Wildman–Crippen LogP) is 0.381. The summed E-state index contributed by atoms with van der Waals surface area (Å²) < 4.78 is 7.54. The Kier molecular flexibility index (Phi) is 3.75. The van der Waals surface area contributed by atoms with Crippen LogP contribution in [0.1, 0.15) is 10.5 Å². The standard InChI is InChI=1S/C10H12N6O4/c1-14-5-8(16(18)19)9(13-14)10(17)12-7-3-11-15(4-7)6-20-2/h3-5H,6H2,1-2H3,(H,12,17). The normalized spacial score (nSPS) is 10.5. The average Bonchev–Trinajstić information content (AvgIpc) is 2.96. The molecule has 0 aromatic carbocycles. The molecule has 0 fully saturated rings. The molecule has 0 saturated heterocycles. The Labute approximate surface area is 113 Å². The summed E-state index contributed by atoms with van der Waals surface area (Å²) in [5, 5.41) is 21.0. The molecule has 2 heterocycles. The first-order valence-corrected chi connectivity index (χ1v) is 5.52. The van der Waals surface area contributed by atoms with E-state index in [9.17, 15) is 14.9 Å². The Balaban J connectivity index is 2.17. The molecule has 0 aliphatic rings. The smallest absolute Gasteiger partial charge is 0.320 e. The Bertz CT molecular complexity index is 646. The molecule has 1 amide bonds. The van der Waals surface area contributed by atoms with E-state index in [1.165, 1.54) is 42.1 Å². The van der Waals surface area contributed by atoms with Crippen LogP contribution in [-0.2, 0) is 18.5 Å². The van der Waals surface area contributed by atoms with E-state index in [0.717, 1.165) is 0 Å². The fourth-order valence-corrected chi connectivity index (χ4v) is 1.59. The lowest BCUT2D eigenvalue weighted by Gasteiger charge is -1.99. The van der Waals surface area contributed by atoms with Gasteiger partial charge in [0, 0.05) is 14.2 Å².